The minimum absolute atomic E-state index is 0.113. The highest BCUT2D eigenvalue weighted by atomic mass is 32.2. The van der Waals surface area contributed by atoms with E-state index in [9.17, 15) is 13.2 Å². The third-order valence-electron chi connectivity index (χ3n) is 4.39. The zero-order valence-corrected chi connectivity index (χ0v) is 16.9. The molecular formula is C22H23N3O3S. The molecule has 0 saturated carbocycles. The average Bonchev–Trinajstić information content (AvgIpc) is 2.75. The molecule has 29 heavy (non-hydrogen) atoms. The number of hydrogen-bond donors (Lipinski definition) is 2. The van der Waals surface area contributed by atoms with Crippen molar-refractivity contribution in [3.63, 3.8) is 0 Å². The van der Waals surface area contributed by atoms with Crippen molar-refractivity contribution in [2.24, 2.45) is 0 Å². The summed E-state index contributed by atoms with van der Waals surface area (Å²) < 4.78 is 25.9. The second-order valence-electron chi connectivity index (χ2n) is 6.50. The lowest BCUT2D eigenvalue weighted by Gasteiger charge is -2.23. The number of carbonyl (C=O) groups excluding carboxylic acids is 1. The van der Waals surface area contributed by atoms with Crippen LogP contribution >= 0.6 is 0 Å². The summed E-state index contributed by atoms with van der Waals surface area (Å²) in [5, 5.41) is 1.84. The number of carbonyl (C=O) groups is 1. The first-order valence-corrected chi connectivity index (χ1v) is 10.6. The Morgan fingerprint density at radius 1 is 0.793 bits per heavy atom. The first-order valence-electron chi connectivity index (χ1n) is 9.15. The Morgan fingerprint density at radius 3 is 1.72 bits per heavy atom. The lowest BCUT2D eigenvalue weighted by Crippen LogP contribution is -2.41. The molecule has 0 saturated heterocycles. The van der Waals surface area contributed by atoms with Crippen molar-refractivity contribution in [3.05, 3.63) is 102 Å². The predicted octanol–water partition coefficient (Wildman–Crippen LogP) is 2.94. The highest BCUT2D eigenvalue weighted by Crippen LogP contribution is 2.12. The van der Waals surface area contributed by atoms with Gasteiger partial charge in [0.1, 0.15) is 0 Å². The van der Waals surface area contributed by atoms with Crippen LogP contribution in [0.1, 0.15) is 21.5 Å². The summed E-state index contributed by atoms with van der Waals surface area (Å²) in [6.45, 7) is 1.07. The number of sulfonamides is 1. The van der Waals surface area contributed by atoms with E-state index in [0.717, 1.165) is 11.1 Å². The number of nitrogens with zero attached hydrogens (tertiary/aromatic N) is 1. The van der Waals surface area contributed by atoms with Gasteiger partial charge in [0.2, 0.25) is 10.0 Å². The molecule has 0 aliphatic heterocycles. The molecule has 0 aliphatic rings. The van der Waals surface area contributed by atoms with Crippen LogP contribution in [0, 0.1) is 0 Å². The van der Waals surface area contributed by atoms with Gasteiger partial charge in [0.05, 0.1) is 4.90 Å². The van der Waals surface area contributed by atoms with Crippen molar-refractivity contribution in [1.29, 1.82) is 0 Å². The molecule has 7 heteroatoms. The van der Waals surface area contributed by atoms with Crippen LogP contribution < -0.4 is 10.1 Å². The van der Waals surface area contributed by atoms with Crippen molar-refractivity contribution in [3.8, 4) is 0 Å². The fraction of sp³-hybridized carbons (Fsp3) is 0.136. The van der Waals surface area contributed by atoms with Crippen LogP contribution in [0.3, 0.4) is 0 Å². The van der Waals surface area contributed by atoms with E-state index in [2.05, 4.69) is 10.1 Å². The lowest BCUT2D eigenvalue weighted by molar-refractivity contribution is 0.0759. The summed E-state index contributed by atoms with van der Waals surface area (Å²) in [4.78, 5) is 12.9. The van der Waals surface area contributed by atoms with Gasteiger partial charge in [0, 0.05) is 18.7 Å². The van der Waals surface area contributed by atoms with Crippen LogP contribution in [-0.4, -0.2) is 26.4 Å². The molecule has 150 valence electrons. The summed E-state index contributed by atoms with van der Waals surface area (Å²) in [6.07, 6.45) is 0. The van der Waals surface area contributed by atoms with Crippen LogP contribution in [0.25, 0.3) is 0 Å². The van der Waals surface area contributed by atoms with E-state index in [1.165, 1.54) is 31.3 Å². The van der Waals surface area contributed by atoms with Gasteiger partial charge in [-0.25, -0.2) is 18.1 Å². The molecule has 6 nitrogen and oxygen atoms in total. The van der Waals surface area contributed by atoms with Gasteiger partial charge in [-0.3, -0.25) is 10.2 Å². The molecule has 0 heterocycles. The van der Waals surface area contributed by atoms with Gasteiger partial charge in [-0.15, -0.1) is 0 Å². The number of hydrogen-bond acceptors (Lipinski definition) is 4. The molecule has 0 aliphatic carbocycles. The van der Waals surface area contributed by atoms with Crippen molar-refractivity contribution in [2.75, 3.05) is 7.05 Å². The van der Waals surface area contributed by atoms with Crippen molar-refractivity contribution >= 4 is 15.9 Å². The van der Waals surface area contributed by atoms with Gasteiger partial charge in [0.15, 0.2) is 0 Å². The predicted molar refractivity (Wildman–Crippen MR) is 112 cm³/mol. The number of nitrogens with one attached hydrogen (secondary N) is 2. The minimum atomic E-state index is -3.54. The molecule has 3 aromatic carbocycles. The molecule has 3 rings (SSSR count). The second-order valence-corrected chi connectivity index (χ2v) is 8.39. The van der Waals surface area contributed by atoms with Crippen LogP contribution in [-0.2, 0) is 23.1 Å². The Kier molecular flexibility index (Phi) is 6.77. The fourth-order valence-electron chi connectivity index (χ4n) is 2.85. The Bertz CT molecular complexity index is 996. The van der Waals surface area contributed by atoms with Gasteiger partial charge in [-0.05, 0) is 42.4 Å². The second kappa shape index (κ2) is 9.47. The molecule has 1 amide bonds. The van der Waals surface area contributed by atoms with E-state index in [4.69, 9.17) is 0 Å². The Hall–Kier alpha value is -3.00. The van der Waals surface area contributed by atoms with Crippen molar-refractivity contribution in [2.45, 2.75) is 18.0 Å². The van der Waals surface area contributed by atoms with Crippen LogP contribution in [0.2, 0.25) is 0 Å². The topological polar surface area (TPSA) is 78.5 Å². The maximum Gasteiger partial charge on any atom is 0.265 e. The summed E-state index contributed by atoms with van der Waals surface area (Å²) in [5.74, 6) is -0.301. The molecule has 0 unspecified atom stereocenters. The summed E-state index contributed by atoms with van der Waals surface area (Å²) in [6, 6.07) is 25.6. The normalized spacial score (nSPS) is 11.4. The van der Waals surface area contributed by atoms with Gasteiger partial charge in [-0.2, -0.15) is 0 Å². The molecule has 0 spiro atoms. The van der Waals surface area contributed by atoms with E-state index in [0.29, 0.717) is 18.7 Å². The SMILES string of the molecule is CNS(=O)(=O)c1ccc(C(=O)NN(Cc2ccccc2)Cc2ccccc2)cc1. The third-order valence-corrected chi connectivity index (χ3v) is 5.82. The zero-order valence-electron chi connectivity index (χ0n) is 16.1. The highest BCUT2D eigenvalue weighted by Gasteiger charge is 2.15. The average molecular weight is 410 g/mol. The highest BCUT2D eigenvalue weighted by molar-refractivity contribution is 7.89. The van der Waals surface area contributed by atoms with Gasteiger partial charge in [-0.1, -0.05) is 60.7 Å². The maximum absolute atomic E-state index is 12.7. The van der Waals surface area contributed by atoms with Gasteiger partial charge >= 0.3 is 0 Å². The van der Waals surface area contributed by atoms with E-state index in [1.54, 1.807) is 0 Å². The van der Waals surface area contributed by atoms with Crippen LogP contribution in [0.5, 0.6) is 0 Å². The summed E-state index contributed by atoms with van der Waals surface area (Å²) in [7, 11) is -2.19. The summed E-state index contributed by atoms with van der Waals surface area (Å²) in [5.41, 5.74) is 5.45. The molecule has 0 radical (unpaired) electrons. The third kappa shape index (κ3) is 5.74. The van der Waals surface area contributed by atoms with Crippen molar-refractivity contribution in [1.82, 2.24) is 15.2 Å². The number of benzene rings is 3. The smallest absolute Gasteiger partial charge is 0.265 e. The van der Waals surface area contributed by atoms with E-state index >= 15 is 0 Å². The van der Waals surface area contributed by atoms with Crippen LogP contribution in [0.15, 0.2) is 89.8 Å². The fourth-order valence-corrected chi connectivity index (χ4v) is 3.58. The number of rotatable bonds is 8. The Morgan fingerprint density at radius 2 is 1.28 bits per heavy atom. The maximum atomic E-state index is 12.7. The van der Waals surface area contributed by atoms with E-state index in [1.807, 2.05) is 65.7 Å². The minimum Gasteiger partial charge on any atom is -0.284 e. The lowest BCUT2D eigenvalue weighted by atomic mass is 10.2. The molecule has 3 aromatic rings. The monoisotopic (exact) mass is 409 g/mol. The van der Waals surface area contributed by atoms with E-state index < -0.39 is 10.0 Å². The first-order chi connectivity index (χ1) is 14.0. The van der Waals surface area contributed by atoms with Gasteiger partial charge < -0.3 is 0 Å². The molecule has 0 fully saturated rings. The number of hydrazine groups is 1. The quantitative estimate of drug-likeness (QED) is 0.561. The van der Waals surface area contributed by atoms with Crippen molar-refractivity contribution < 1.29 is 13.2 Å². The van der Waals surface area contributed by atoms with Gasteiger partial charge in [0.25, 0.3) is 5.91 Å². The molecular weight excluding hydrogens is 386 g/mol. The Balaban J connectivity index is 1.76. The molecule has 0 atom stereocenters. The molecule has 0 bridgehead atoms. The molecule has 0 aromatic heterocycles. The standard InChI is InChI=1S/C22H23N3O3S/c1-23-29(27,28)21-14-12-20(13-15-21)22(26)24-25(16-18-8-4-2-5-9-18)17-19-10-6-3-7-11-19/h2-15,23H,16-17H2,1H3,(H,24,26). The summed E-state index contributed by atoms with van der Waals surface area (Å²) >= 11 is 0. The largest absolute Gasteiger partial charge is 0.284 e. The Labute approximate surface area is 171 Å². The van der Waals surface area contributed by atoms with Crippen LogP contribution in [0.4, 0.5) is 0 Å². The van der Waals surface area contributed by atoms with E-state index in [-0.39, 0.29) is 10.8 Å². The number of amides is 1. The molecule has 2 N–H and O–H groups in total. The zero-order chi connectivity index (χ0) is 20.7. The first kappa shape index (κ1) is 20.7.